The van der Waals surface area contributed by atoms with Gasteiger partial charge in [-0.1, -0.05) is 13.8 Å². The minimum Gasteiger partial charge on any atom is -0.394 e. The van der Waals surface area contributed by atoms with Crippen LogP contribution in [0.5, 0.6) is 0 Å². The second-order valence-corrected chi connectivity index (χ2v) is 5.55. The summed E-state index contributed by atoms with van der Waals surface area (Å²) in [6.07, 6.45) is -0.0760. The second-order valence-electron chi connectivity index (χ2n) is 5.55. The smallest absolute Gasteiger partial charge is 0.225 e. The molecule has 19 heavy (non-hydrogen) atoms. The number of nitrogens with zero attached hydrogens (tertiary/aromatic N) is 3. The Morgan fingerprint density at radius 2 is 2.16 bits per heavy atom. The molecule has 106 valence electrons. The van der Waals surface area contributed by atoms with Crippen LogP contribution >= 0.6 is 0 Å². The maximum atomic E-state index is 9.28. The van der Waals surface area contributed by atoms with Gasteiger partial charge in [0.2, 0.25) is 5.95 Å². The number of aliphatic hydroxyl groups is 1. The predicted octanol–water partition coefficient (Wildman–Crippen LogP) is 1.49. The molecule has 2 rings (SSSR count). The van der Waals surface area contributed by atoms with E-state index in [2.05, 4.69) is 28.7 Å². The van der Waals surface area contributed by atoms with Gasteiger partial charge < -0.3 is 14.7 Å². The van der Waals surface area contributed by atoms with Crippen LogP contribution in [-0.2, 0) is 4.74 Å². The Hall–Kier alpha value is -1.20. The molecule has 1 aliphatic rings. The number of anilines is 1. The highest BCUT2D eigenvalue weighted by Gasteiger charge is 2.26. The molecule has 1 fully saturated rings. The molecule has 0 saturated carbocycles. The summed E-state index contributed by atoms with van der Waals surface area (Å²) in [6.45, 7) is 9.69. The molecule has 1 saturated heterocycles. The van der Waals surface area contributed by atoms with Gasteiger partial charge in [-0.15, -0.1) is 0 Å². The quantitative estimate of drug-likeness (QED) is 0.897. The summed E-state index contributed by atoms with van der Waals surface area (Å²) in [5, 5.41) is 9.28. The summed E-state index contributed by atoms with van der Waals surface area (Å²) in [6, 6.07) is 2.03. The van der Waals surface area contributed by atoms with Gasteiger partial charge in [-0.05, 0) is 25.8 Å². The number of morpholine rings is 1. The van der Waals surface area contributed by atoms with Crippen LogP contribution in [-0.4, -0.2) is 47.0 Å². The zero-order valence-corrected chi connectivity index (χ0v) is 12.1. The van der Waals surface area contributed by atoms with E-state index in [0.29, 0.717) is 12.5 Å². The number of aryl methyl sites for hydroxylation is 1. The van der Waals surface area contributed by atoms with Crippen molar-refractivity contribution in [1.29, 1.82) is 0 Å². The van der Waals surface area contributed by atoms with Gasteiger partial charge in [0, 0.05) is 24.5 Å². The Labute approximate surface area is 114 Å². The van der Waals surface area contributed by atoms with Crippen molar-refractivity contribution in [2.24, 2.45) is 0 Å². The average Bonchev–Trinajstić information content (AvgIpc) is 2.37. The molecule has 1 aromatic rings. The van der Waals surface area contributed by atoms with Crippen LogP contribution in [0.1, 0.15) is 38.1 Å². The first-order valence-electron chi connectivity index (χ1n) is 6.86. The fraction of sp³-hybridized carbons (Fsp3) is 0.714. The maximum absolute atomic E-state index is 9.28. The molecule has 0 aliphatic carbocycles. The Morgan fingerprint density at radius 3 is 2.79 bits per heavy atom. The van der Waals surface area contributed by atoms with E-state index >= 15 is 0 Å². The van der Waals surface area contributed by atoms with E-state index in [-0.39, 0.29) is 18.8 Å². The van der Waals surface area contributed by atoms with Crippen molar-refractivity contribution in [2.75, 3.05) is 24.6 Å². The molecule has 5 heteroatoms. The van der Waals surface area contributed by atoms with Crippen LogP contribution in [0, 0.1) is 6.92 Å². The molecule has 0 spiro atoms. The van der Waals surface area contributed by atoms with Crippen molar-refractivity contribution < 1.29 is 9.84 Å². The number of aliphatic hydroxyl groups excluding tert-OH is 1. The van der Waals surface area contributed by atoms with Gasteiger partial charge in [0.25, 0.3) is 0 Å². The van der Waals surface area contributed by atoms with E-state index < -0.39 is 0 Å². The van der Waals surface area contributed by atoms with Crippen LogP contribution in [0.2, 0.25) is 0 Å². The summed E-state index contributed by atoms with van der Waals surface area (Å²) in [5.41, 5.74) is 2.04. The van der Waals surface area contributed by atoms with Gasteiger partial charge in [0.1, 0.15) is 0 Å². The maximum Gasteiger partial charge on any atom is 0.225 e. The molecule has 0 aromatic carbocycles. The molecule has 0 bridgehead atoms. The highest BCUT2D eigenvalue weighted by atomic mass is 16.5. The summed E-state index contributed by atoms with van der Waals surface area (Å²) in [4.78, 5) is 11.3. The van der Waals surface area contributed by atoms with E-state index in [1.54, 1.807) is 0 Å². The summed E-state index contributed by atoms with van der Waals surface area (Å²) < 4.78 is 5.65. The minimum atomic E-state index is -0.157. The van der Waals surface area contributed by atoms with Gasteiger partial charge >= 0.3 is 0 Å². The van der Waals surface area contributed by atoms with E-state index in [9.17, 15) is 5.11 Å². The lowest BCUT2D eigenvalue weighted by atomic mass is 10.1. The van der Waals surface area contributed by atoms with Crippen molar-refractivity contribution in [2.45, 2.75) is 45.8 Å². The number of ether oxygens (including phenoxy) is 1. The standard InChI is InChI=1S/C14H23N3O2/c1-9(2)13-5-10(3)15-14(16-13)17-6-11(4)19-12(7-17)8-18/h5,9,11-12,18H,6-8H2,1-4H3. The van der Waals surface area contributed by atoms with E-state index in [4.69, 9.17) is 4.74 Å². The van der Waals surface area contributed by atoms with Crippen LogP contribution in [0.4, 0.5) is 5.95 Å². The van der Waals surface area contributed by atoms with Gasteiger partial charge in [0.15, 0.2) is 0 Å². The third-order valence-corrected chi connectivity index (χ3v) is 3.27. The molecule has 1 N–H and O–H groups in total. The second kappa shape index (κ2) is 5.84. The Kier molecular flexibility index (Phi) is 4.37. The number of hydrogen-bond donors (Lipinski definition) is 1. The molecule has 0 amide bonds. The Morgan fingerprint density at radius 1 is 1.42 bits per heavy atom. The summed E-state index contributed by atoms with van der Waals surface area (Å²) in [7, 11) is 0. The molecule has 0 radical (unpaired) electrons. The third kappa shape index (κ3) is 3.42. The van der Waals surface area contributed by atoms with Gasteiger partial charge in [0.05, 0.1) is 18.8 Å². The van der Waals surface area contributed by atoms with E-state index in [0.717, 1.165) is 23.9 Å². The molecule has 2 heterocycles. The Bertz CT molecular complexity index is 437. The van der Waals surface area contributed by atoms with Gasteiger partial charge in [-0.25, -0.2) is 9.97 Å². The highest BCUT2D eigenvalue weighted by molar-refractivity contribution is 5.34. The van der Waals surface area contributed by atoms with Crippen molar-refractivity contribution in [3.8, 4) is 0 Å². The lowest BCUT2D eigenvalue weighted by molar-refractivity contribution is -0.0425. The monoisotopic (exact) mass is 265 g/mol. The summed E-state index contributed by atoms with van der Waals surface area (Å²) in [5.74, 6) is 1.13. The van der Waals surface area contributed by atoms with Crippen molar-refractivity contribution in [1.82, 2.24) is 9.97 Å². The SMILES string of the molecule is Cc1cc(C(C)C)nc(N2CC(C)OC(CO)C2)n1. The zero-order chi connectivity index (χ0) is 14.0. The van der Waals surface area contributed by atoms with Gasteiger partial charge in [-0.2, -0.15) is 0 Å². The third-order valence-electron chi connectivity index (χ3n) is 3.27. The average molecular weight is 265 g/mol. The number of rotatable bonds is 3. The van der Waals surface area contributed by atoms with Crippen LogP contribution in [0.25, 0.3) is 0 Å². The highest BCUT2D eigenvalue weighted by Crippen LogP contribution is 2.20. The molecule has 1 aliphatic heterocycles. The lowest BCUT2D eigenvalue weighted by Gasteiger charge is -2.36. The molecular weight excluding hydrogens is 242 g/mol. The number of aromatic nitrogens is 2. The van der Waals surface area contributed by atoms with Crippen LogP contribution in [0.15, 0.2) is 6.07 Å². The fourth-order valence-electron chi connectivity index (χ4n) is 2.32. The fourth-order valence-corrected chi connectivity index (χ4v) is 2.32. The van der Waals surface area contributed by atoms with E-state index in [1.807, 2.05) is 19.9 Å². The predicted molar refractivity (Wildman–Crippen MR) is 74.5 cm³/mol. The molecular formula is C14H23N3O2. The van der Waals surface area contributed by atoms with Crippen LogP contribution in [0.3, 0.4) is 0 Å². The van der Waals surface area contributed by atoms with Crippen molar-refractivity contribution in [3.05, 3.63) is 17.5 Å². The molecule has 5 nitrogen and oxygen atoms in total. The molecule has 2 atom stereocenters. The summed E-state index contributed by atoms with van der Waals surface area (Å²) >= 11 is 0. The Balaban J connectivity index is 2.25. The first kappa shape index (κ1) is 14.2. The van der Waals surface area contributed by atoms with Crippen molar-refractivity contribution in [3.63, 3.8) is 0 Å². The molecule has 2 unspecified atom stereocenters. The zero-order valence-electron chi connectivity index (χ0n) is 12.1. The van der Waals surface area contributed by atoms with Gasteiger partial charge in [-0.3, -0.25) is 0 Å². The van der Waals surface area contributed by atoms with Crippen LogP contribution < -0.4 is 4.90 Å². The topological polar surface area (TPSA) is 58.5 Å². The largest absolute Gasteiger partial charge is 0.394 e. The normalized spacial score (nSPS) is 24.0. The first-order valence-corrected chi connectivity index (χ1v) is 6.86. The first-order chi connectivity index (χ1) is 8.99. The van der Waals surface area contributed by atoms with E-state index in [1.165, 1.54) is 0 Å². The number of hydrogen-bond acceptors (Lipinski definition) is 5. The lowest BCUT2D eigenvalue weighted by Crippen LogP contribution is -2.48. The van der Waals surface area contributed by atoms with Crippen molar-refractivity contribution >= 4 is 5.95 Å². The minimum absolute atomic E-state index is 0.0314. The molecule has 1 aromatic heterocycles.